The molecule has 1 unspecified atom stereocenters. The number of ether oxygens (including phenoxy) is 3. The highest BCUT2D eigenvalue weighted by atomic mass is 32.2. The van der Waals surface area contributed by atoms with Crippen LogP contribution in [0, 0.1) is 0 Å². The quantitative estimate of drug-likeness (QED) is 0.112. The Balaban J connectivity index is 1.13. The third-order valence-corrected chi connectivity index (χ3v) is 14.6. The summed E-state index contributed by atoms with van der Waals surface area (Å²) >= 11 is 0. The Kier molecular flexibility index (Phi) is 11.9. The van der Waals surface area contributed by atoms with E-state index in [1.54, 1.807) is 97.1 Å². The van der Waals surface area contributed by atoms with Crippen LogP contribution in [0.15, 0.2) is 152 Å². The van der Waals surface area contributed by atoms with Crippen LogP contribution in [-0.4, -0.2) is 16.8 Å². The predicted octanol–water partition coefficient (Wildman–Crippen LogP) is 10.0. The van der Waals surface area contributed by atoms with Crippen molar-refractivity contribution in [1.82, 2.24) is 0 Å². The summed E-state index contributed by atoms with van der Waals surface area (Å²) < 4.78 is 73.5. The molecule has 1 atom stereocenters. The van der Waals surface area contributed by atoms with E-state index in [-0.39, 0.29) is 16.2 Å². The fourth-order valence-electron chi connectivity index (χ4n) is 6.98. The molecule has 4 aromatic carbocycles. The van der Waals surface area contributed by atoms with Crippen molar-refractivity contribution in [3.8, 4) is 11.5 Å². The lowest BCUT2D eigenvalue weighted by molar-refractivity contribution is 0.00580. The van der Waals surface area contributed by atoms with Gasteiger partial charge in [-0.05, 0) is 147 Å². The minimum atomic E-state index is -3.74. The first kappa shape index (κ1) is 40.4. The summed E-state index contributed by atoms with van der Waals surface area (Å²) in [6.45, 7) is 8.06. The largest absolute Gasteiger partial charge is 0.487 e. The molecule has 0 spiro atoms. The number of hydrogen-bond acceptors (Lipinski definition) is 9. The minimum absolute atomic E-state index is 0.203. The van der Waals surface area contributed by atoms with Gasteiger partial charge in [0.1, 0.15) is 28.5 Å². The van der Waals surface area contributed by atoms with Gasteiger partial charge in [0.25, 0.3) is 0 Å². The number of hydrogen-bond donors (Lipinski definition) is 2. The summed E-state index contributed by atoms with van der Waals surface area (Å²) in [5.74, 6) is 2.68. The Bertz CT molecular complexity index is 2380. The summed E-state index contributed by atoms with van der Waals surface area (Å²) in [5.41, 5.74) is 13.2. The van der Waals surface area contributed by atoms with Gasteiger partial charge in [-0.3, -0.25) is 0 Å². The molecule has 9 nitrogen and oxygen atoms in total. The zero-order valence-corrected chi connectivity index (χ0v) is 34.0. The van der Waals surface area contributed by atoms with Crippen LogP contribution >= 0.6 is 0 Å². The SMILES string of the molecule is CCC(C)(OC1=CC=C(S(=O)(=O)c2ccc(C(CC)(CC)Oc3ccc(N)cc3)cc2)CC1)c1ccc(S(=O)(=O)C2=CC=C(Oc3ccc(N)cc3)CC2)cc1. The molecule has 2 aliphatic rings. The second-order valence-electron chi connectivity index (χ2n) is 14.3. The monoisotopic (exact) mass is 794 g/mol. The zero-order chi connectivity index (χ0) is 40.1. The number of rotatable bonds is 15. The second-order valence-corrected chi connectivity index (χ2v) is 18.3. The lowest BCUT2D eigenvalue weighted by Gasteiger charge is -2.33. The third kappa shape index (κ3) is 8.59. The molecule has 0 saturated heterocycles. The Morgan fingerprint density at radius 3 is 1.39 bits per heavy atom. The molecular weight excluding hydrogens is 745 g/mol. The normalized spacial score (nSPS) is 16.1. The summed E-state index contributed by atoms with van der Waals surface area (Å²) in [7, 11) is -7.46. The Hall–Kier alpha value is -5.26. The number of anilines is 2. The standard InChI is InChI=1S/C45H50N2O7S2/c1-5-44(4,32-8-24-40(25-9-32)55(48,49)42-28-20-37(21-29-42)52-36-16-12-34(46)13-17-36)53-38-22-30-43(31-23-38)56(50,51)41-26-10-33(11-27-41)45(6-2,7-3)54-39-18-14-35(47)15-19-39/h8-20,22,24-28,30H,5-7,21,23,29,31,46-47H2,1-4H3. The van der Waals surface area contributed by atoms with Crippen molar-refractivity contribution in [3.05, 3.63) is 154 Å². The van der Waals surface area contributed by atoms with Crippen LogP contribution in [0.25, 0.3) is 0 Å². The molecule has 294 valence electrons. The number of nitrogen functional groups attached to an aromatic ring is 2. The molecule has 4 N–H and O–H groups in total. The van der Waals surface area contributed by atoms with E-state index in [1.165, 1.54) is 0 Å². The topological polar surface area (TPSA) is 148 Å². The van der Waals surface area contributed by atoms with E-state index in [2.05, 4.69) is 13.8 Å². The lowest BCUT2D eigenvalue weighted by Crippen LogP contribution is -2.31. The lowest BCUT2D eigenvalue weighted by atomic mass is 9.88. The first-order valence-corrected chi connectivity index (χ1v) is 22.0. The molecule has 0 heterocycles. The van der Waals surface area contributed by atoms with E-state index in [0.29, 0.717) is 82.7 Å². The van der Waals surface area contributed by atoms with Gasteiger partial charge in [-0.15, -0.1) is 0 Å². The van der Waals surface area contributed by atoms with Gasteiger partial charge in [0.2, 0.25) is 19.7 Å². The van der Waals surface area contributed by atoms with Gasteiger partial charge >= 0.3 is 0 Å². The van der Waals surface area contributed by atoms with Crippen LogP contribution in [-0.2, 0) is 35.6 Å². The molecule has 0 saturated carbocycles. The Morgan fingerprint density at radius 1 is 0.518 bits per heavy atom. The highest BCUT2D eigenvalue weighted by Crippen LogP contribution is 2.39. The summed E-state index contributed by atoms with van der Waals surface area (Å²) in [6.07, 6.45) is 10.1. The van der Waals surface area contributed by atoms with Crippen molar-refractivity contribution in [1.29, 1.82) is 0 Å². The molecule has 0 bridgehead atoms. The maximum Gasteiger partial charge on any atom is 0.202 e. The van der Waals surface area contributed by atoms with Gasteiger partial charge in [0, 0.05) is 34.0 Å². The van der Waals surface area contributed by atoms with Crippen LogP contribution < -0.4 is 20.9 Å². The van der Waals surface area contributed by atoms with E-state index in [1.807, 2.05) is 38.1 Å². The van der Waals surface area contributed by atoms with Crippen molar-refractivity contribution in [2.75, 3.05) is 11.5 Å². The summed E-state index contributed by atoms with van der Waals surface area (Å²) in [5, 5.41) is 0. The molecule has 0 amide bonds. The van der Waals surface area contributed by atoms with E-state index < -0.39 is 30.9 Å². The smallest absolute Gasteiger partial charge is 0.202 e. The van der Waals surface area contributed by atoms with E-state index in [4.69, 9.17) is 25.7 Å². The fourth-order valence-corrected chi connectivity index (χ4v) is 9.81. The van der Waals surface area contributed by atoms with Crippen molar-refractivity contribution in [3.63, 3.8) is 0 Å². The first-order valence-electron chi connectivity index (χ1n) is 19.0. The second kappa shape index (κ2) is 16.5. The Labute approximate surface area is 331 Å². The maximum atomic E-state index is 13.8. The van der Waals surface area contributed by atoms with Gasteiger partial charge in [0.15, 0.2) is 0 Å². The zero-order valence-electron chi connectivity index (χ0n) is 32.3. The maximum absolute atomic E-state index is 13.8. The van der Waals surface area contributed by atoms with Gasteiger partial charge in [0.05, 0.1) is 15.6 Å². The summed E-state index contributed by atoms with van der Waals surface area (Å²) in [6, 6.07) is 28.1. The highest BCUT2D eigenvalue weighted by molar-refractivity contribution is 7.95. The number of benzene rings is 4. The fraction of sp³-hybridized carbons (Fsp3) is 0.289. The van der Waals surface area contributed by atoms with Gasteiger partial charge < -0.3 is 25.7 Å². The minimum Gasteiger partial charge on any atom is -0.487 e. The average Bonchev–Trinajstić information content (AvgIpc) is 3.22. The van der Waals surface area contributed by atoms with Crippen LogP contribution in [0.2, 0.25) is 0 Å². The molecule has 0 radical (unpaired) electrons. The van der Waals surface area contributed by atoms with E-state index in [9.17, 15) is 16.8 Å². The first-order chi connectivity index (χ1) is 26.7. The molecule has 0 aliphatic heterocycles. The van der Waals surface area contributed by atoms with Crippen LogP contribution in [0.5, 0.6) is 11.5 Å². The van der Waals surface area contributed by atoms with Crippen molar-refractivity contribution in [2.24, 2.45) is 0 Å². The third-order valence-electron chi connectivity index (χ3n) is 10.8. The molecule has 2 aliphatic carbocycles. The van der Waals surface area contributed by atoms with Crippen LogP contribution in [0.3, 0.4) is 0 Å². The van der Waals surface area contributed by atoms with E-state index >= 15 is 0 Å². The molecular formula is C45H50N2O7S2. The molecule has 11 heteroatoms. The average molecular weight is 795 g/mol. The van der Waals surface area contributed by atoms with Gasteiger partial charge in [-0.2, -0.15) is 0 Å². The van der Waals surface area contributed by atoms with Crippen molar-refractivity contribution in [2.45, 2.75) is 93.6 Å². The number of nitrogens with two attached hydrogens (primary N) is 2. The summed E-state index contributed by atoms with van der Waals surface area (Å²) in [4.78, 5) is 1.06. The molecule has 0 fully saturated rings. The van der Waals surface area contributed by atoms with Gasteiger partial charge in [-0.1, -0.05) is 45.0 Å². The van der Waals surface area contributed by atoms with Crippen LogP contribution in [0.1, 0.15) is 83.8 Å². The Morgan fingerprint density at radius 2 is 0.964 bits per heavy atom. The molecule has 4 aromatic rings. The predicted molar refractivity (Wildman–Crippen MR) is 222 cm³/mol. The highest BCUT2D eigenvalue weighted by Gasteiger charge is 2.33. The molecule has 56 heavy (non-hydrogen) atoms. The van der Waals surface area contributed by atoms with Gasteiger partial charge in [-0.25, -0.2) is 16.8 Å². The molecule has 6 rings (SSSR count). The van der Waals surface area contributed by atoms with Crippen molar-refractivity contribution >= 4 is 31.0 Å². The molecule has 0 aromatic heterocycles. The van der Waals surface area contributed by atoms with E-state index in [0.717, 1.165) is 11.1 Å². The van der Waals surface area contributed by atoms with Crippen molar-refractivity contribution < 1.29 is 31.0 Å². The number of sulfone groups is 2. The van der Waals surface area contributed by atoms with Crippen LogP contribution in [0.4, 0.5) is 11.4 Å². The number of allylic oxidation sites excluding steroid dienone is 8.